The normalized spacial score (nSPS) is 15.1. The van der Waals surface area contributed by atoms with Crippen LogP contribution in [0.25, 0.3) is 0 Å². The van der Waals surface area contributed by atoms with E-state index in [4.69, 9.17) is 5.11 Å². The van der Waals surface area contributed by atoms with Gasteiger partial charge in [0.05, 0.1) is 6.42 Å². The molecule has 1 fully saturated rings. The second-order valence-electron chi connectivity index (χ2n) is 4.19. The molecular weight excluding hydrogens is 224 g/mol. The zero-order valence-corrected chi connectivity index (χ0v) is 10.0. The molecule has 0 spiro atoms. The van der Waals surface area contributed by atoms with Crippen molar-refractivity contribution in [2.75, 3.05) is 26.7 Å². The third-order valence-corrected chi connectivity index (χ3v) is 2.85. The maximum absolute atomic E-state index is 11.6. The van der Waals surface area contributed by atoms with Crippen molar-refractivity contribution < 1.29 is 19.5 Å². The van der Waals surface area contributed by atoms with E-state index in [1.807, 2.05) is 0 Å². The second kappa shape index (κ2) is 6.22. The van der Waals surface area contributed by atoms with Crippen molar-refractivity contribution in [1.82, 2.24) is 9.80 Å². The average molecular weight is 242 g/mol. The molecule has 0 aromatic rings. The molecule has 1 aliphatic heterocycles. The Morgan fingerprint density at radius 2 is 2.12 bits per heavy atom. The topological polar surface area (TPSA) is 77.9 Å². The molecule has 1 heterocycles. The van der Waals surface area contributed by atoms with E-state index in [0.717, 1.165) is 13.0 Å². The zero-order valence-electron chi connectivity index (χ0n) is 10.0. The van der Waals surface area contributed by atoms with Crippen molar-refractivity contribution in [3.05, 3.63) is 0 Å². The Kier molecular flexibility index (Phi) is 4.93. The summed E-state index contributed by atoms with van der Waals surface area (Å²) in [5, 5.41) is 8.49. The second-order valence-corrected chi connectivity index (χ2v) is 4.19. The van der Waals surface area contributed by atoms with E-state index in [1.54, 1.807) is 11.9 Å². The highest BCUT2D eigenvalue weighted by Gasteiger charge is 2.21. The Bertz CT molecular complexity index is 317. The number of nitrogens with zero attached hydrogens (tertiary/aromatic N) is 2. The fraction of sp³-hybridized carbons (Fsp3) is 0.727. The number of aliphatic carboxylic acids is 1. The first-order valence-electron chi connectivity index (χ1n) is 5.74. The minimum Gasteiger partial charge on any atom is -0.481 e. The summed E-state index contributed by atoms with van der Waals surface area (Å²) in [6.45, 7) is 1.38. The Labute approximate surface area is 100 Å². The monoisotopic (exact) mass is 242 g/mol. The lowest BCUT2D eigenvalue weighted by Crippen LogP contribution is -2.33. The summed E-state index contributed by atoms with van der Waals surface area (Å²) in [6, 6.07) is 0. The summed E-state index contributed by atoms with van der Waals surface area (Å²) in [4.78, 5) is 36.3. The predicted octanol–water partition coefficient (Wildman–Crippen LogP) is -0.0680. The minimum atomic E-state index is -0.917. The molecule has 0 bridgehead atoms. The molecule has 1 saturated heterocycles. The quantitative estimate of drug-likeness (QED) is 0.707. The van der Waals surface area contributed by atoms with E-state index in [-0.39, 0.29) is 31.2 Å². The average Bonchev–Trinajstić information content (AvgIpc) is 2.68. The number of rotatable bonds is 6. The summed E-state index contributed by atoms with van der Waals surface area (Å²) in [7, 11) is 1.58. The number of carboxylic acid groups (broad SMARTS) is 1. The number of carboxylic acids is 1. The van der Waals surface area contributed by atoms with Crippen LogP contribution >= 0.6 is 0 Å². The molecule has 1 N–H and O–H groups in total. The molecule has 96 valence electrons. The van der Waals surface area contributed by atoms with Crippen molar-refractivity contribution in [2.24, 2.45) is 0 Å². The SMILES string of the molecule is CN(CCC(=O)O)C(=O)CCN1CCCC1=O. The molecule has 0 unspecified atom stereocenters. The highest BCUT2D eigenvalue weighted by Crippen LogP contribution is 2.10. The number of likely N-dealkylation sites (tertiary alicyclic amines) is 1. The molecule has 1 rings (SSSR count). The fourth-order valence-corrected chi connectivity index (χ4v) is 1.75. The Morgan fingerprint density at radius 3 is 2.65 bits per heavy atom. The molecule has 0 saturated carbocycles. The summed E-state index contributed by atoms with van der Waals surface area (Å²) in [6.07, 6.45) is 1.65. The van der Waals surface area contributed by atoms with Crippen LogP contribution in [0.15, 0.2) is 0 Å². The van der Waals surface area contributed by atoms with Gasteiger partial charge in [-0.1, -0.05) is 0 Å². The number of carbonyl (C=O) groups is 3. The smallest absolute Gasteiger partial charge is 0.305 e. The van der Waals surface area contributed by atoms with Crippen molar-refractivity contribution >= 4 is 17.8 Å². The van der Waals surface area contributed by atoms with Gasteiger partial charge in [-0.15, -0.1) is 0 Å². The van der Waals surface area contributed by atoms with Crippen molar-refractivity contribution in [3.63, 3.8) is 0 Å². The van der Waals surface area contributed by atoms with Gasteiger partial charge in [-0.2, -0.15) is 0 Å². The van der Waals surface area contributed by atoms with Crippen LogP contribution in [0.3, 0.4) is 0 Å². The van der Waals surface area contributed by atoms with Gasteiger partial charge in [-0.3, -0.25) is 14.4 Å². The van der Waals surface area contributed by atoms with Crippen molar-refractivity contribution in [2.45, 2.75) is 25.7 Å². The first kappa shape index (κ1) is 13.5. The standard InChI is InChI=1S/C11H18N2O4/c1-12(7-5-11(16)17)9(14)4-8-13-6-2-3-10(13)15/h2-8H2,1H3,(H,16,17). The van der Waals surface area contributed by atoms with Crippen LogP contribution in [0, 0.1) is 0 Å². The van der Waals surface area contributed by atoms with Crippen LogP contribution in [-0.2, 0) is 14.4 Å². The Hall–Kier alpha value is -1.59. The molecule has 0 radical (unpaired) electrons. The number of hydrogen-bond donors (Lipinski definition) is 1. The minimum absolute atomic E-state index is 0.0507. The van der Waals surface area contributed by atoms with E-state index in [0.29, 0.717) is 13.0 Å². The van der Waals surface area contributed by atoms with Gasteiger partial charge < -0.3 is 14.9 Å². The lowest BCUT2D eigenvalue weighted by molar-refractivity contribution is -0.138. The maximum Gasteiger partial charge on any atom is 0.305 e. The first-order chi connectivity index (χ1) is 8.00. The molecule has 6 nitrogen and oxygen atoms in total. The molecule has 2 amide bonds. The van der Waals surface area contributed by atoms with E-state index >= 15 is 0 Å². The molecule has 0 aromatic carbocycles. The maximum atomic E-state index is 11.6. The van der Waals surface area contributed by atoms with Gasteiger partial charge in [0.25, 0.3) is 0 Å². The summed E-state index contributed by atoms with van der Waals surface area (Å²) >= 11 is 0. The van der Waals surface area contributed by atoms with E-state index in [1.165, 1.54) is 4.90 Å². The van der Waals surface area contributed by atoms with Crippen LogP contribution in [0.2, 0.25) is 0 Å². The van der Waals surface area contributed by atoms with Crippen LogP contribution in [0.5, 0.6) is 0 Å². The van der Waals surface area contributed by atoms with Gasteiger partial charge in [0.1, 0.15) is 0 Å². The number of hydrogen-bond acceptors (Lipinski definition) is 3. The Morgan fingerprint density at radius 1 is 1.41 bits per heavy atom. The largest absolute Gasteiger partial charge is 0.481 e. The highest BCUT2D eigenvalue weighted by molar-refractivity contribution is 5.80. The van der Waals surface area contributed by atoms with E-state index in [9.17, 15) is 14.4 Å². The van der Waals surface area contributed by atoms with Gasteiger partial charge >= 0.3 is 5.97 Å². The van der Waals surface area contributed by atoms with Crippen molar-refractivity contribution in [1.29, 1.82) is 0 Å². The van der Waals surface area contributed by atoms with Gasteiger partial charge in [-0.05, 0) is 6.42 Å². The van der Waals surface area contributed by atoms with Gasteiger partial charge in [0, 0.05) is 39.5 Å². The lowest BCUT2D eigenvalue weighted by Gasteiger charge is -2.19. The lowest BCUT2D eigenvalue weighted by atomic mass is 10.3. The number of carbonyl (C=O) groups excluding carboxylic acids is 2. The van der Waals surface area contributed by atoms with Crippen LogP contribution in [0.1, 0.15) is 25.7 Å². The van der Waals surface area contributed by atoms with Crippen molar-refractivity contribution in [3.8, 4) is 0 Å². The molecule has 0 aliphatic carbocycles. The number of amides is 2. The van der Waals surface area contributed by atoms with Crippen LogP contribution in [-0.4, -0.2) is 59.4 Å². The fourth-order valence-electron chi connectivity index (χ4n) is 1.75. The molecule has 0 atom stereocenters. The molecule has 6 heteroatoms. The summed E-state index contributed by atoms with van der Waals surface area (Å²) in [5.41, 5.74) is 0. The van der Waals surface area contributed by atoms with Crippen LogP contribution < -0.4 is 0 Å². The van der Waals surface area contributed by atoms with E-state index < -0.39 is 5.97 Å². The Balaban J connectivity index is 2.24. The zero-order chi connectivity index (χ0) is 12.8. The van der Waals surface area contributed by atoms with Gasteiger partial charge in [0.15, 0.2) is 0 Å². The molecule has 1 aliphatic rings. The third-order valence-electron chi connectivity index (χ3n) is 2.85. The van der Waals surface area contributed by atoms with Gasteiger partial charge in [0.2, 0.25) is 11.8 Å². The van der Waals surface area contributed by atoms with Gasteiger partial charge in [-0.25, -0.2) is 0 Å². The third kappa shape index (κ3) is 4.42. The van der Waals surface area contributed by atoms with E-state index in [2.05, 4.69) is 0 Å². The molecule has 17 heavy (non-hydrogen) atoms. The summed E-state index contributed by atoms with van der Waals surface area (Å²) < 4.78 is 0. The summed E-state index contributed by atoms with van der Waals surface area (Å²) in [5.74, 6) is -0.934. The van der Waals surface area contributed by atoms with Crippen LogP contribution in [0.4, 0.5) is 0 Å². The molecule has 0 aromatic heterocycles. The predicted molar refractivity (Wildman–Crippen MR) is 60.3 cm³/mol. The highest BCUT2D eigenvalue weighted by atomic mass is 16.4. The molecular formula is C11H18N2O4. The first-order valence-corrected chi connectivity index (χ1v) is 5.74.